The highest BCUT2D eigenvalue weighted by atomic mass is 19.2. The van der Waals surface area contributed by atoms with Crippen LogP contribution in [-0.2, 0) is 0 Å². The van der Waals surface area contributed by atoms with Crippen LogP contribution < -0.4 is 10.3 Å². The van der Waals surface area contributed by atoms with E-state index >= 15 is 0 Å². The molecule has 0 aliphatic heterocycles. The maximum absolute atomic E-state index is 13.7. The minimum atomic E-state index is -1.10. The Balaban J connectivity index is 2.74. The van der Waals surface area contributed by atoms with E-state index in [0.717, 1.165) is 6.07 Å². The molecule has 1 aromatic heterocycles. The molecule has 1 heterocycles. The van der Waals surface area contributed by atoms with E-state index in [1.807, 2.05) is 0 Å². The van der Waals surface area contributed by atoms with E-state index in [2.05, 4.69) is 4.98 Å². The molecular weight excluding hydrogens is 278 g/mol. The van der Waals surface area contributed by atoms with E-state index in [9.17, 15) is 13.6 Å². The van der Waals surface area contributed by atoms with Crippen molar-refractivity contribution in [3.05, 3.63) is 51.4 Å². The number of aryl methyl sites for hydroxylation is 1. The summed E-state index contributed by atoms with van der Waals surface area (Å²) in [5.41, 5.74) is 0.225. The van der Waals surface area contributed by atoms with Gasteiger partial charge in [0.25, 0.3) is 5.56 Å². The Hall–Kier alpha value is -2.68. The Labute approximate surface area is 119 Å². The summed E-state index contributed by atoms with van der Waals surface area (Å²) in [6, 6.07) is 5.52. The van der Waals surface area contributed by atoms with Crippen LogP contribution in [0, 0.1) is 29.9 Å². The molecule has 0 bridgehead atoms. The second kappa shape index (κ2) is 5.75. The van der Waals surface area contributed by atoms with Gasteiger partial charge in [-0.25, -0.2) is 4.39 Å². The first-order chi connectivity index (χ1) is 9.97. The van der Waals surface area contributed by atoms with Gasteiger partial charge in [-0.1, -0.05) is 0 Å². The van der Waals surface area contributed by atoms with E-state index in [0.29, 0.717) is 5.69 Å². The molecule has 0 radical (unpaired) electrons. The molecule has 1 aromatic carbocycles. The van der Waals surface area contributed by atoms with Crippen LogP contribution in [-0.4, -0.2) is 11.6 Å². The first kappa shape index (κ1) is 14.7. The maximum atomic E-state index is 13.7. The van der Waals surface area contributed by atoms with Crippen LogP contribution in [0.2, 0.25) is 0 Å². The molecule has 1 N–H and O–H groups in total. The molecule has 0 amide bonds. The zero-order valence-corrected chi connectivity index (χ0v) is 11.5. The second-order valence-corrected chi connectivity index (χ2v) is 4.39. The molecule has 0 aliphatic carbocycles. The normalized spacial score (nSPS) is 10.2. The van der Waals surface area contributed by atoms with Gasteiger partial charge in [0.05, 0.1) is 6.61 Å². The van der Waals surface area contributed by atoms with Gasteiger partial charge in [-0.2, -0.15) is 9.65 Å². The van der Waals surface area contributed by atoms with Gasteiger partial charge >= 0.3 is 0 Å². The number of hydrogen-bond donors (Lipinski definition) is 1. The van der Waals surface area contributed by atoms with E-state index in [1.54, 1.807) is 19.9 Å². The molecule has 2 rings (SSSR count). The number of pyridine rings is 1. The standard InChI is InChI=1S/C15H12F2N2O2/c1-3-21-13-6-9(5-12(16)14(13)17)10-4-8(2)19-15(20)11(10)7-18/h4-6H,3H2,1-2H3,(H,19,20). The van der Waals surface area contributed by atoms with Gasteiger partial charge in [0.15, 0.2) is 11.6 Å². The number of nitriles is 1. The summed E-state index contributed by atoms with van der Waals surface area (Å²) in [5, 5.41) is 9.08. The molecule has 21 heavy (non-hydrogen) atoms. The summed E-state index contributed by atoms with van der Waals surface area (Å²) < 4.78 is 32.3. The molecule has 0 saturated heterocycles. The molecule has 0 saturated carbocycles. The summed E-state index contributed by atoms with van der Waals surface area (Å²) in [4.78, 5) is 14.2. The third-order valence-corrected chi connectivity index (χ3v) is 2.89. The highest BCUT2D eigenvalue weighted by Gasteiger charge is 2.16. The van der Waals surface area contributed by atoms with Gasteiger partial charge in [0.2, 0.25) is 5.82 Å². The summed E-state index contributed by atoms with van der Waals surface area (Å²) >= 11 is 0. The van der Waals surface area contributed by atoms with Crippen molar-refractivity contribution in [2.24, 2.45) is 0 Å². The van der Waals surface area contributed by atoms with Crippen molar-refractivity contribution < 1.29 is 13.5 Å². The Morgan fingerprint density at radius 3 is 2.67 bits per heavy atom. The van der Waals surface area contributed by atoms with Crippen LogP contribution in [0.15, 0.2) is 23.0 Å². The lowest BCUT2D eigenvalue weighted by Gasteiger charge is -2.10. The van der Waals surface area contributed by atoms with Crippen molar-refractivity contribution in [3.8, 4) is 22.9 Å². The van der Waals surface area contributed by atoms with Crippen molar-refractivity contribution in [1.82, 2.24) is 4.98 Å². The number of halogens is 2. The number of ether oxygens (including phenoxy) is 1. The number of rotatable bonds is 3. The molecule has 108 valence electrons. The van der Waals surface area contributed by atoms with Crippen LogP contribution in [0.1, 0.15) is 18.2 Å². The van der Waals surface area contributed by atoms with Gasteiger partial charge < -0.3 is 9.72 Å². The van der Waals surface area contributed by atoms with Gasteiger partial charge in [0, 0.05) is 11.3 Å². The SMILES string of the molecule is CCOc1cc(-c2cc(C)[nH]c(=O)c2C#N)cc(F)c1F. The molecule has 4 nitrogen and oxygen atoms in total. The van der Waals surface area contributed by atoms with Crippen molar-refractivity contribution in [1.29, 1.82) is 5.26 Å². The number of hydrogen-bond acceptors (Lipinski definition) is 3. The smallest absolute Gasteiger partial charge is 0.266 e. The van der Waals surface area contributed by atoms with Gasteiger partial charge in [-0.05, 0) is 37.6 Å². The molecule has 0 spiro atoms. The first-order valence-corrected chi connectivity index (χ1v) is 6.24. The third kappa shape index (κ3) is 2.77. The molecular formula is C15H12F2N2O2. The summed E-state index contributed by atoms with van der Waals surface area (Å²) in [6.45, 7) is 3.44. The van der Waals surface area contributed by atoms with Crippen LogP contribution in [0.5, 0.6) is 5.75 Å². The average Bonchev–Trinajstić information content (AvgIpc) is 2.43. The fraction of sp³-hybridized carbons (Fsp3) is 0.200. The average molecular weight is 290 g/mol. The predicted octanol–water partition coefficient (Wildman–Crippen LogP) is 2.90. The fourth-order valence-electron chi connectivity index (χ4n) is 2.01. The maximum Gasteiger partial charge on any atom is 0.266 e. The molecule has 6 heteroatoms. The first-order valence-electron chi connectivity index (χ1n) is 6.24. The highest BCUT2D eigenvalue weighted by molar-refractivity contribution is 5.71. The molecule has 2 aromatic rings. The number of aromatic nitrogens is 1. The molecule has 0 fully saturated rings. The van der Waals surface area contributed by atoms with E-state index in [-0.39, 0.29) is 29.0 Å². The lowest BCUT2D eigenvalue weighted by molar-refractivity contribution is 0.314. The number of aromatic amines is 1. The van der Waals surface area contributed by atoms with Gasteiger partial charge in [-0.15, -0.1) is 0 Å². The van der Waals surface area contributed by atoms with Crippen LogP contribution in [0.3, 0.4) is 0 Å². The lowest BCUT2D eigenvalue weighted by atomic mass is 10.0. The van der Waals surface area contributed by atoms with Crippen molar-refractivity contribution in [2.45, 2.75) is 13.8 Å². The van der Waals surface area contributed by atoms with Crippen LogP contribution in [0.25, 0.3) is 11.1 Å². The minimum Gasteiger partial charge on any atom is -0.491 e. The summed E-state index contributed by atoms with van der Waals surface area (Å²) in [6.07, 6.45) is 0. The number of benzene rings is 1. The molecule has 0 aliphatic rings. The lowest BCUT2D eigenvalue weighted by Crippen LogP contribution is -2.13. The molecule has 0 unspecified atom stereocenters. The monoisotopic (exact) mass is 290 g/mol. The summed E-state index contributed by atoms with van der Waals surface area (Å²) in [5.74, 6) is -2.45. The zero-order valence-electron chi connectivity index (χ0n) is 11.5. The Morgan fingerprint density at radius 1 is 1.33 bits per heavy atom. The van der Waals surface area contributed by atoms with Gasteiger partial charge in [0.1, 0.15) is 11.6 Å². The highest BCUT2D eigenvalue weighted by Crippen LogP contribution is 2.30. The molecule has 0 atom stereocenters. The van der Waals surface area contributed by atoms with Crippen molar-refractivity contribution in [3.63, 3.8) is 0 Å². The van der Waals surface area contributed by atoms with Gasteiger partial charge in [-0.3, -0.25) is 4.79 Å². The minimum absolute atomic E-state index is 0.158. The Morgan fingerprint density at radius 2 is 2.05 bits per heavy atom. The topological polar surface area (TPSA) is 65.9 Å². The van der Waals surface area contributed by atoms with Crippen LogP contribution in [0.4, 0.5) is 8.78 Å². The zero-order chi connectivity index (χ0) is 15.6. The number of nitrogens with one attached hydrogen (secondary N) is 1. The largest absolute Gasteiger partial charge is 0.491 e. The fourth-order valence-corrected chi connectivity index (χ4v) is 2.01. The summed E-state index contributed by atoms with van der Waals surface area (Å²) in [7, 11) is 0. The number of nitrogens with zero attached hydrogens (tertiary/aromatic N) is 1. The van der Waals surface area contributed by atoms with Crippen LogP contribution >= 0.6 is 0 Å². The second-order valence-electron chi connectivity index (χ2n) is 4.39. The van der Waals surface area contributed by atoms with E-state index in [1.165, 1.54) is 12.1 Å². The van der Waals surface area contributed by atoms with E-state index < -0.39 is 17.2 Å². The number of H-pyrrole nitrogens is 1. The Kier molecular flexibility index (Phi) is 4.03. The Bertz CT molecular complexity index is 791. The quantitative estimate of drug-likeness (QED) is 0.945. The predicted molar refractivity (Wildman–Crippen MR) is 73.0 cm³/mol. The van der Waals surface area contributed by atoms with Crippen molar-refractivity contribution in [2.75, 3.05) is 6.61 Å². The van der Waals surface area contributed by atoms with E-state index in [4.69, 9.17) is 10.00 Å². The van der Waals surface area contributed by atoms with Crippen molar-refractivity contribution >= 4 is 0 Å². The third-order valence-electron chi connectivity index (χ3n) is 2.89.